The van der Waals surface area contributed by atoms with Crippen molar-refractivity contribution in [1.29, 1.82) is 0 Å². The first kappa shape index (κ1) is 28.9. The number of benzene rings is 4. The molecule has 0 N–H and O–H groups in total. The third kappa shape index (κ3) is 7.51. The molecular weight excluding hydrogens is 526 g/mol. The van der Waals surface area contributed by atoms with Gasteiger partial charge in [-0.1, -0.05) is 84.9 Å². The fourth-order valence-electron chi connectivity index (χ4n) is 4.35. The molecule has 0 bridgehead atoms. The van der Waals surface area contributed by atoms with Gasteiger partial charge < -0.3 is 23.3 Å². The van der Waals surface area contributed by atoms with Crippen LogP contribution in [0, 0.1) is 0 Å². The van der Waals surface area contributed by atoms with Crippen LogP contribution in [0.3, 0.4) is 0 Å². The van der Waals surface area contributed by atoms with Crippen molar-refractivity contribution in [3.8, 4) is 11.5 Å². The molecule has 5 nitrogen and oxygen atoms in total. The highest BCUT2D eigenvalue weighted by Crippen LogP contribution is 2.42. The molecule has 0 saturated heterocycles. The zero-order valence-electron chi connectivity index (χ0n) is 22.6. The summed E-state index contributed by atoms with van der Waals surface area (Å²) in [6.07, 6.45) is 1.43. The quantitative estimate of drug-likeness (QED) is 0.143. The Morgan fingerprint density at radius 1 is 0.487 bits per heavy atom. The largest absolute Gasteiger partial charge is 0.493 e. The Bertz CT molecular complexity index is 1310. The molecule has 4 aromatic rings. The predicted octanol–water partition coefficient (Wildman–Crippen LogP) is 5.83. The average molecular weight is 563 g/mol. The van der Waals surface area contributed by atoms with Crippen molar-refractivity contribution >= 4 is 35.5 Å². The molecule has 0 aliphatic rings. The summed E-state index contributed by atoms with van der Waals surface area (Å²) in [6, 6.07) is 34.2. The van der Waals surface area contributed by atoms with Gasteiger partial charge in [0.05, 0.1) is 23.8 Å². The highest BCUT2D eigenvalue weighted by Gasteiger charge is 2.25. The Labute approximate surface area is 231 Å². The van der Waals surface area contributed by atoms with E-state index in [1.54, 1.807) is 13.3 Å². The normalized spacial score (nSPS) is 14.2. The van der Waals surface area contributed by atoms with Crippen molar-refractivity contribution in [3.63, 3.8) is 0 Å². The molecule has 4 aromatic carbocycles. The van der Waals surface area contributed by atoms with Crippen molar-refractivity contribution in [2.24, 2.45) is 0 Å². The summed E-state index contributed by atoms with van der Waals surface area (Å²) in [6.45, 7) is 5.63. The second-order valence-corrected chi connectivity index (χ2v) is 15.2. The van der Waals surface area contributed by atoms with Gasteiger partial charge in [-0.15, -0.1) is 0 Å². The lowest BCUT2D eigenvalue weighted by atomic mass is 10.3. The van der Waals surface area contributed by atoms with Crippen molar-refractivity contribution in [3.05, 3.63) is 109 Å². The number of ether oxygens (including phenoxy) is 3. The van der Waals surface area contributed by atoms with Crippen LogP contribution in [0.25, 0.3) is 0 Å². The van der Waals surface area contributed by atoms with Gasteiger partial charge in [-0.3, -0.25) is 0 Å². The minimum atomic E-state index is -2.75. The fourth-order valence-corrected chi connectivity index (χ4v) is 8.25. The van der Waals surface area contributed by atoms with E-state index < -0.39 is 14.3 Å². The molecule has 0 aromatic heterocycles. The summed E-state index contributed by atoms with van der Waals surface area (Å²) in [5, 5.41) is 3.10. The first-order valence-corrected chi connectivity index (χ1v) is 17.5. The molecule has 0 radical (unpaired) electrons. The highest BCUT2D eigenvalue weighted by atomic mass is 31.2. The smallest absolute Gasteiger partial charge is 0.143 e. The van der Waals surface area contributed by atoms with Gasteiger partial charge in [-0.25, -0.2) is 0 Å². The molecular formula is C32H36O5P2. The minimum absolute atomic E-state index is 0.473. The molecule has 0 fully saturated rings. The Balaban J connectivity index is 1.19. The summed E-state index contributed by atoms with van der Waals surface area (Å²) < 4.78 is 45.0. The van der Waals surface area contributed by atoms with Gasteiger partial charge in [0.15, 0.2) is 0 Å². The van der Waals surface area contributed by atoms with Gasteiger partial charge in [0.2, 0.25) is 0 Å². The van der Waals surface area contributed by atoms with E-state index in [1.807, 2.05) is 109 Å². The van der Waals surface area contributed by atoms with Crippen molar-refractivity contribution in [2.45, 2.75) is 12.8 Å². The third-order valence-electron chi connectivity index (χ3n) is 6.53. The van der Waals surface area contributed by atoms with Gasteiger partial charge in [-0.05, 0) is 37.6 Å². The van der Waals surface area contributed by atoms with E-state index >= 15 is 0 Å². The molecule has 39 heavy (non-hydrogen) atoms. The van der Waals surface area contributed by atoms with Crippen LogP contribution in [0.2, 0.25) is 0 Å². The van der Waals surface area contributed by atoms with Crippen LogP contribution in [0.1, 0.15) is 12.8 Å². The Morgan fingerprint density at radius 3 is 1.26 bits per heavy atom. The molecule has 0 heterocycles. The zero-order valence-corrected chi connectivity index (χ0v) is 24.4. The fraction of sp³-hybridized carbons (Fsp3) is 0.250. The van der Waals surface area contributed by atoms with Crippen LogP contribution >= 0.6 is 14.3 Å². The molecule has 0 aliphatic carbocycles. The summed E-state index contributed by atoms with van der Waals surface area (Å²) in [4.78, 5) is 0. The van der Waals surface area contributed by atoms with Gasteiger partial charge in [0.1, 0.15) is 25.8 Å². The van der Waals surface area contributed by atoms with E-state index in [9.17, 15) is 9.13 Å². The molecule has 0 unspecified atom stereocenters. The molecule has 0 aliphatic heterocycles. The molecule has 204 valence electrons. The second kappa shape index (κ2) is 13.8. The van der Waals surface area contributed by atoms with Crippen LogP contribution in [0.4, 0.5) is 0 Å². The van der Waals surface area contributed by atoms with Crippen molar-refractivity contribution in [1.82, 2.24) is 0 Å². The van der Waals surface area contributed by atoms with Crippen LogP contribution in [-0.2, 0) is 13.9 Å². The number of para-hydroxylation sites is 2. The van der Waals surface area contributed by atoms with E-state index in [1.165, 1.54) is 0 Å². The summed E-state index contributed by atoms with van der Waals surface area (Å²) in [5.74, 6) is 1.31. The predicted molar refractivity (Wildman–Crippen MR) is 162 cm³/mol. The zero-order chi connectivity index (χ0) is 27.6. The summed E-state index contributed by atoms with van der Waals surface area (Å²) >= 11 is 0. The number of rotatable bonds is 14. The van der Waals surface area contributed by atoms with E-state index in [2.05, 4.69) is 0 Å². The third-order valence-corrected chi connectivity index (χ3v) is 11.7. The molecule has 0 amide bonds. The molecule has 2 atom stereocenters. The molecule has 0 saturated carbocycles. The first-order valence-electron chi connectivity index (χ1n) is 13.2. The van der Waals surface area contributed by atoms with Crippen molar-refractivity contribution < 1.29 is 23.3 Å². The van der Waals surface area contributed by atoms with E-state index in [0.29, 0.717) is 50.8 Å². The second-order valence-electron chi connectivity index (χ2n) is 9.47. The van der Waals surface area contributed by atoms with Crippen LogP contribution < -0.4 is 30.7 Å². The summed E-state index contributed by atoms with van der Waals surface area (Å²) in [7, 11) is -5.51. The van der Waals surface area contributed by atoms with E-state index in [-0.39, 0.29) is 0 Å². The maximum atomic E-state index is 13.6. The summed E-state index contributed by atoms with van der Waals surface area (Å²) in [5.41, 5.74) is 0. The molecule has 7 heteroatoms. The van der Waals surface area contributed by atoms with Crippen LogP contribution in [0.5, 0.6) is 11.5 Å². The monoisotopic (exact) mass is 562 g/mol. The van der Waals surface area contributed by atoms with Gasteiger partial charge >= 0.3 is 0 Å². The average Bonchev–Trinajstić information content (AvgIpc) is 2.97. The number of hydrogen-bond donors (Lipinski definition) is 0. The Hall–Kier alpha value is -3.10. The SMILES string of the molecule is C[P@@](=O)(c1ccccc1)c1ccccc1OCCCOCCCOc1ccccc1[P@](C)(=O)c1ccccc1. The van der Waals surface area contributed by atoms with E-state index in [0.717, 1.165) is 21.2 Å². The lowest BCUT2D eigenvalue weighted by molar-refractivity contribution is 0.107. The van der Waals surface area contributed by atoms with Crippen LogP contribution in [0.15, 0.2) is 109 Å². The highest BCUT2D eigenvalue weighted by molar-refractivity contribution is 7.78. The topological polar surface area (TPSA) is 61.8 Å². The minimum Gasteiger partial charge on any atom is -0.493 e. The molecule has 0 spiro atoms. The van der Waals surface area contributed by atoms with E-state index in [4.69, 9.17) is 14.2 Å². The van der Waals surface area contributed by atoms with Gasteiger partial charge in [-0.2, -0.15) is 0 Å². The molecule has 4 rings (SSSR count). The number of hydrogen-bond acceptors (Lipinski definition) is 5. The lowest BCUT2D eigenvalue weighted by Crippen LogP contribution is -2.18. The van der Waals surface area contributed by atoms with Crippen LogP contribution in [-0.4, -0.2) is 39.8 Å². The lowest BCUT2D eigenvalue weighted by Gasteiger charge is -2.18. The maximum Gasteiger partial charge on any atom is 0.143 e. The Kier molecular flexibility index (Phi) is 10.2. The first-order chi connectivity index (χ1) is 18.9. The van der Waals surface area contributed by atoms with Crippen molar-refractivity contribution in [2.75, 3.05) is 39.8 Å². The standard InChI is InChI=1S/C32H36O5P2/c1-38(33,27-15-5-3-6-16-27)31-21-11-9-19-29(31)36-25-13-23-35-24-14-26-37-30-20-10-12-22-32(30)39(2,34)28-17-7-4-8-18-28/h3-12,15-22H,13-14,23-26H2,1-2H3/t38-,39-/m1/s1. The van der Waals surface area contributed by atoms with Gasteiger partial charge in [0, 0.05) is 36.7 Å². The maximum absolute atomic E-state index is 13.6. The Morgan fingerprint density at radius 2 is 0.846 bits per heavy atom. The van der Waals surface area contributed by atoms with Gasteiger partial charge in [0.25, 0.3) is 0 Å².